The van der Waals surface area contributed by atoms with Gasteiger partial charge in [0.05, 0.1) is 27.8 Å². The Hall–Kier alpha value is -3.58. The van der Waals surface area contributed by atoms with E-state index in [0.717, 1.165) is 11.1 Å². The number of rotatable bonds is 3. The fourth-order valence-corrected chi connectivity index (χ4v) is 4.43. The van der Waals surface area contributed by atoms with Gasteiger partial charge in [-0.2, -0.15) is 0 Å². The Morgan fingerprint density at radius 2 is 1.30 bits per heavy atom. The van der Waals surface area contributed by atoms with Crippen molar-refractivity contribution in [3.8, 4) is 11.5 Å². The third-order valence-corrected chi connectivity index (χ3v) is 6.33. The van der Waals surface area contributed by atoms with Crippen molar-refractivity contribution in [1.29, 1.82) is 0 Å². The lowest BCUT2D eigenvalue weighted by Crippen LogP contribution is -2.26. The minimum atomic E-state index is -1.57. The van der Waals surface area contributed by atoms with Gasteiger partial charge in [0.15, 0.2) is 0 Å². The third-order valence-electron chi connectivity index (χ3n) is 6.33. The lowest BCUT2D eigenvalue weighted by molar-refractivity contribution is -0.00987. The number of fused-ring (bicyclic) bond motifs is 4. The second-order valence-corrected chi connectivity index (χ2v) is 9.09. The molecule has 2 aromatic carbocycles. The third kappa shape index (κ3) is 3.23. The van der Waals surface area contributed by atoms with Crippen LogP contribution < -0.4 is 16.0 Å². The van der Waals surface area contributed by atoms with Gasteiger partial charge in [0.2, 0.25) is 6.29 Å². The molecule has 2 atom stereocenters. The van der Waals surface area contributed by atoms with Crippen LogP contribution in [0.15, 0.2) is 54.8 Å². The van der Waals surface area contributed by atoms with Crippen molar-refractivity contribution in [1.82, 2.24) is 0 Å². The Kier molecular flexibility index (Phi) is 4.83. The SMILES string of the molecule is CC(C)c1ccc2oc(=O)c(C3c4c(c5cc(C(C)C)ccc5oc4=O)OC3O)c(O)c2c1. The highest BCUT2D eigenvalue weighted by Gasteiger charge is 2.43. The zero-order valence-electron chi connectivity index (χ0n) is 18.7. The van der Waals surface area contributed by atoms with Crippen LogP contribution in [0.1, 0.15) is 67.7 Å². The topological polar surface area (TPSA) is 110 Å². The van der Waals surface area contributed by atoms with Crippen LogP contribution in [-0.2, 0) is 0 Å². The van der Waals surface area contributed by atoms with Crippen molar-refractivity contribution >= 4 is 21.9 Å². The lowest BCUT2D eigenvalue weighted by atomic mass is 9.91. The number of aliphatic hydroxyl groups is 1. The van der Waals surface area contributed by atoms with E-state index in [2.05, 4.69) is 0 Å². The maximum atomic E-state index is 12.9. The number of hydrogen-bond acceptors (Lipinski definition) is 7. The van der Waals surface area contributed by atoms with E-state index in [1.165, 1.54) is 0 Å². The summed E-state index contributed by atoms with van der Waals surface area (Å²) in [6, 6.07) is 10.6. The van der Waals surface area contributed by atoms with Crippen LogP contribution in [0.4, 0.5) is 0 Å². The Bertz CT molecular complexity index is 1520. The predicted molar refractivity (Wildman–Crippen MR) is 123 cm³/mol. The summed E-state index contributed by atoms with van der Waals surface area (Å²) in [5, 5.41) is 22.7. The van der Waals surface area contributed by atoms with Crippen molar-refractivity contribution in [2.45, 2.75) is 51.7 Å². The van der Waals surface area contributed by atoms with Gasteiger partial charge in [-0.3, -0.25) is 0 Å². The predicted octanol–water partition coefficient (Wildman–Crippen LogP) is 4.69. The van der Waals surface area contributed by atoms with E-state index in [0.29, 0.717) is 16.4 Å². The first kappa shape index (κ1) is 21.3. The number of benzene rings is 2. The molecule has 2 N–H and O–H groups in total. The van der Waals surface area contributed by atoms with Crippen LogP contribution in [0.25, 0.3) is 21.9 Å². The number of aromatic hydroxyl groups is 1. The average molecular weight is 448 g/mol. The maximum Gasteiger partial charge on any atom is 0.344 e. The van der Waals surface area contributed by atoms with Gasteiger partial charge in [-0.25, -0.2) is 9.59 Å². The molecule has 170 valence electrons. The maximum absolute atomic E-state index is 12.9. The molecule has 0 spiro atoms. The largest absolute Gasteiger partial charge is 0.507 e. The first-order chi connectivity index (χ1) is 15.7. The standard InChI is InChI=1S/C26H24O7/c1-11(2)13-5-7-17-15(9-13)22(27)20(25(29)31-17)19-21-23(33-24(19)28)16-10-14(12(3)4)6-8-18(16)32-26(21)30/h5-12,19,24,27-28H,1-4H3. The molecule has 0 radical (unpaired) electrons. The molecule has 2 unspecified atom stereocenters. The Morgan fingerprint density at radius 1 is 0.788 bits per heavy atom. The number of hydrogen-bond donors (Lipinski definition) is 2. The van der Waals surface area contributed by atoms with Crippen molar-refractivity contribution in [3.05, 3.63) is 79.5 Å². The van der Waals surface area contributed by atoms with E-state index in [-0.39, 0.29) is 40.0 Å². The molecule has 4 aromatic rings. The molecule has 7 heteroatoms. The molecular formula is C26H24O7. The van der Waals surface area contributed by atoms with Crippen LogP contribution in [0.5, 0.6) is 11.5 Å². The van der Waals surface area contributed by atoms with Crippen LogP contribution >= 0.6 is 0 Å². The van der Waals surface area contributed by atoms with E-state index in [9.17, 15) is 19.8 Å². The van der Waals surface area contributed by atoms with Crippen molar-refractivity contribution in [3.63, 3.8) is 0 Å². The summed E-state index contributed by atoms with van der Waals surface area (Å²) < 4.78 is 16.6. The molecule has 3 heterocycles. The van der Waals surface area contributed by atoms with Crippen molar-refractivity contribution in [2.75, 3.05) is 0 Å². The van der Waals surface area contributed by atoms with E-state index < -0.39 is 23.5 Å². The van der Waals surface area contributed by atoms with Gasteiger partial charge in [0, 0.05) is 0 Å². The Morgan fingerprint density at radius 3 is 1.88 bits per heavy atom. The molecule has 2 aromatic heterocycles. The zero-order valence-corrected chi connectivity index (χ0v) is 18.7. The molecule has 0 saturated heterocycles. The van der Waals surface area contributed by atoms with Gasteiger partial charge in [-0.1, -0.05) is 39.8 Å². The van der Waals surface area contributed by atoms with Gasteiger partial charge in [-0.05, 0) is 47.2 Å². The molecule has 7 nitrogen and oxygen atoms in total. The summed E-state index contributed by atoms with van der Waals surface area (Å²) in [5.41, 5.74) is 0.611. The monoisotopic (exact) mass is 448 g/mol. The van der Waals surface area contributed by atoms with Gasteiger partial charge in [-0.15, -0.1) is 0 Å². The zero-order chi connectivity index (χ0) is 23.6. The highest BCUT2D eigenvalue weighted by atomic mass is 16.6. The van der Waals surface area contributed by atoms with Gasteiger partial charge in [0.25, 0.3) is 0 Å². The van der Waals surface area contributed by atoms with E-state index in [1.54, 1.807) is 18.2 Å². The number of ether oxygens (including phenoxy) is 1. The summed E-state index contributed by atoms with van der Waals surface area (Å²) in [7, 11) is 0. The van der Waals surface area contributed by atoms with Crippen LogP contribution in [0, 0.1) is 0 Å². The second kappa shape index (κ2) is 7.49. The average Bonchev–Trinajstić information content (AvgIpc) is 3.11. The van der Waals surface area contributed by atoms with E-state index in [1.807, 2.05) is 45.9 Å². The van der Waals surface area contributed by atoms with Gasteiger partial charge in [0.1, 0.15) is 22.7 Å². The molecule has 0 saturated carbocycles. The van der Waals surface area contributed by atoms with Crippen LogP contribution in [0.3, 0.4) is 0 Å². The molecule has 0 aliphatic carbocycles. The Labute approximate surface area is 188 Å². The summed E-state index contributed by atoms with van der Waals surface area (Å²) in [6.07, 6.45) is -1.57. The van der Waals surface area contributed by atoms with E-state index in [4.69, 9.17) is 13.6 Å². The Balaban J connectivity index is 1.79. The molecular weight excluding hydrogens is 424 g/mol. The van der Waals surface area contributed by atoms with Crippen LogP contribution in [0.2, 0.25) is 0 Å². The molecule has 33 heavy (non-hydrogen) atoms. The first-order valence-corrected chi connectivity index (χ1v) is 10.9. The second-order valence-electron chi connectivity index (χ2n) is 9.09. The van der Waals surface area contributed by atoms with Crippen LogP contribution in [-0.4, -0.2) is 16.5 Å². The fourth-order valence-electron chi connectivity index (χ4n) is 4.43. The minimum absolute atomic E-state index is 0.0159. The minimum Gasteiger partial charge on any atom is -0.507 e. The highest BCUT2D eigenvalue weighted by molar-refractivity contribution is 5.88. The fraction of sp³-hybridized carbons (Fsp3) is 0.308. The normalized spacial score (nSPS) is 17.8. The first-order valence-electron chi connectivity index (χ1n) is 10.9. The molecule has 1 aliphatic heterocycles. The molecule has 0 fully saturated rings. The summed E-state index contributed by atoms with van der Waals surface area (Å²) in [5.74, 6) is -1.06. The molecule has 5 rings (SSSR count). The summed E-state index contributed by atoms with van der Waals surface area (Å²) in [6.45, 7) is 8.07. The molecule has 1 aliphatic rings. The van der Waals surface area contributed by atoms with E-state index >= 15 is 0 Å². The highest BCUT2D eigenvalue weighted by Crippen LogP contribution is 2.46. The lowest BCUT2D eigenvalue weighted by Gasteiger charge is -2.15. The quantitative estimate of drug-likeness (QED) is 0.437. The van der Waals surface area contributed by atoms with Gasteiger partial charge >= 0.3 is 11.3 Å². The molecule has 0 amide bonds. The van der Waals surface area contributed by atoms with Gasteiger partial charge < -0.3 is 23.8 Å². The molecule has 0 bridgehead atoms. The summed E-state index contributed by atoms with van der Waals surface area (Å²) >= 11 is 0. The number of aliphatic hydroxyl groups excluding tert-OH is 1. The van der Waals surface area contributed by atoms with Crippen molar-refractivity contribution in [2.24, 2.45) is 0 Å². The smallest absolute Gasteiger partial charge is 0.344 e. The summed E-state index contributed by atoms with van der Waals surface area (Å²) in [4.78, 5) is 25.8. The van der Waals surface area contributed by atoms with Crippen molar-refractivity contribution < 1.29 is 23.8 Å².